The van der Waals surface area contributed by atoms with Crippen LogP contribution in [0.25, 0.3) is 0 Å². The van der Waals surface area contributed by atoms with Crippen molar-refractivity contribution in [3.63, 3.8) is 0 Å². The number of hydrogen-bond acceptors (Lipinski definition) is 3. The zero-order chi connectivity index (χ0) is 17.6. The highest BCUT2D eigenvalue weighted by Crippen LogP contribution is 2.27. The standard InChI is InChI=1S/C20H17BrN2O2/c1-25-19-10-9-16(12-18(19)21)20(24)23(17-7-3-2-4-8-17)14-15-6-5-11-22-13-15/h2-13H,14H2,1H3. The lowest BCUT2D eigenvalue weighted by Crippen LogP contribution is -2.30. The van der Waals surface area contributed by atoms with Crippen molar-refractivity contribution in [1.82, 2.24) is 4.98 Å². The second-order valence-electron chi connectivity index (χ2n) is 5.44. The molecule has 0 unspecified atom stereocenters. The smallest absolute Gasteiger partial charge is 0.258 e. The zero-order valence-electron chi connectivity index (χ0n) is 13.7. The second kappa shape index (κ2) is 7.94. The van der Waals surface area contributed by atoms with Crippen LogP contribution in [-0.2, 0) is 6.54 Å². The summed E-state index contributed by atoms with van der Waals surface area (Å²) in [5, 5.41) is 0. The first-order chi connectivity index (χ1) is 12.2. The Balaban J connectivity index is 1.96. The number of hydrogen-bond donors (Lipinski definition) is 0. The SMILES string of the molecule is COc1ccc(C(=O)N(Cc2cccnc2)c2ccccc2)cc1Br. The molecule has 126 valence electrons. The van der Waals surface area contributed by atoms with Gasteiger partial charge < -0.3 is 9.64 Å². The average molecular weight is 397 g/mol. The van der Waals surface area contributed by atoms with Crippen LogP contribution in [-0.4, -0.2) is 18.0 Å². The summed E-state index contributed by atoms with van der Waals surface area (Å²) in [7, 11) is 1.60. The minimum Gasteiger partial charge on any atom is -0.496 e. The van der Waals surface area contributed by atoms with Gasteiger partial charge in [-0.05, 0) is 57.9 Å². The highest BCUT2D eigenvalue weighted by Gasteiger charge is 2.19. The van der Waals surface area contributed by atoms with Crippen molar-refractivity contribution in [2.45, 2.75) is 6.54 Å². The van der Waals surface area contributed by atoms with Gasteiger partial charge in [0.2, 0.25) is 0 Å². The lowest BCUT2D eigenvalue weighted by Gasteiger charge is -2.23. The van der Waals surface area contributed by atoms with Crippen molar-refractivity contribution in [1.29, 1.82) is 0 Å². The maximum absolute atomic E-state index is 13.1. The van der Waals surface area contributed by atoms with Crippen LogP contribution in [0.15, 0.2) is 77.5 Å². The quantitative estimate of drug-likeness (QED) is 0.627. The first-order valence-corrected chi connectivity index (χ1v) is 8.57. The number of rotatable bonds is 5. The Hall–Kier alpha value is -2.66. The molecule has 0 saturated heterocycles. The fourth-order valence-electron chi connectivity index (χ4n) is 2.52. The lowest BCUT2D eigenvalue weighted by atomic mass is 10.1. The topological polar surface area (TPSA) is 42.4 Å². The largest absolute Gasteiger partial charge is 0.496 e. The lowest BCUT2D eigenvalue weighted by molar-refractivity contribution is 0.0985. The number of para-hydroxylation sites is 1. The summed E-state index contributed by atoms with van der Waals surface area (Å²) >= 11 is 3.44. The summed E-state index contributed by atoms with van der Waals surface area (Å²) in [6, 6.07) is 18.8. The molecule has 1 amide bonds. The maximum Gasteiger partial charge on any atom is 0.258 e. The van der Waals surface area contributed by atoms with E-state index in [1.165, 1.54) is 0 Å². The van der Waals surface area contributed by atoms with Crippen LogP contribution >= 0.6 is 15.9 Å². The van der Waals surface area contributed by atoms with E-state index < -0.39 is 0 Å². The highest BCUT2D eigenvalue weighted by molar-refractivity contribution is 9.10. The van der Waals surface area contributed by atoms with Gasteiger partial charge in [-0.1, -0.05) is 24.3 Å². The van der Waals surface area contributed by atoms with Crippen molar-refractivity contribution in [2.24, 2.45) is 0 Å². The van der Waals surface area contributed by atoms with Crippen LogP contribution in [0.5, 0.6) is 5.75 Å². The van der Waals surface area contributed by atoms with E-state index in [2.05, 4.69) is 20.9 Å². The Morgan fingerprint density at radius 2 is 1.92 bits per heavy atom. The Morgan fingerprint density at radius 3 is 2.56 bits per heavy atom. The van der Waals surface area contributed by atoms with Crippen molar-refractivity contribution in [3.8, 4) is 5.75 Å². The summed E-state index contributed by atoms with van der Waals surface area (Å²) < 4.78 is 5.99. The van der Waals surface area contributed by atoms with Crippen LogP contribution in [0.4, 0.5) is 5.69 Å². The first kappa shape index (κ1) is 17.2. The van der Waals surface area contributed by atoms with Gasteiger partial charge >= 0.3 is 0 Å². The minimum atomic E-state index is -0.0848. The predicted molar refractivity (Wildman–Crippen MR) is 102 cm³/mol. The van der Waals surface area contributed by atoms with Gasteiger partial charge in [-0.3, -0.25) is 9.78 Å². The zero-order valence-corrected chi connectivity index (χ0v) is 15.3. The van der Waals surface area contributed by atoms with Crippen molar-refractivity contribution in [2.75, 3.05) is 12.0 Å². The van der Waals surface area contributed by atoms with Crippen LogP contribution in [0, 0.1) is 0 Å². The molecule has 1 heterocycles. The number of carbonyl (C=O) groups excluding carboxylic acids is 1. The average Bonchev–Trinajstić information content (AvgIpc) is 2.67. The fraction of sp³-hybridized carbons (Fsp3) is 0.100. The van der Waals surface area contributed by atoms with E-state index in [1.54, 1.807) is 42.6 Å². The van der Waals surface area contributed by atoms with Gasteiger partial charge in [-0.2, -0.15) is 0 Å². The molecule has 5 heteroatoms. The molecule has 4 nitrogen and oxygen atoms in total. The molecular weight excluding hydrogens is 380 g/mol. The Morgan fingerprint density at radius 1 is 1.12 bits per heavy atom. The molecule has 0 aliphatic rings. The van der Waals surface area contributed by atoms with E-state index >= 15 is 0 Å². The van der Waals surface area contributed by atoms with Gasteiger partial charge in [0.15, 0.2) is 0 Å². The fourth-order valence-corrected chi connectivity index (χ4v) is 3.06. The summed E-state index contributed by atoms with van der Waals surface area (Å²) in [6.45, 7) is 0.445. The summed E-state index contributed by atoms with van der Waals surface area (Å²) in [5.41, 5.74) is 2.39. The minimum absolute atomic E-state index is 0.0848. The molecule has 0 spiro atoms. The van der Waals surface area contributed by atoms with E-state index in [4.69, 9.17) is 4.74 Å². The third-order valence-electron chi connectivity index (χ3n) is 3.78. The molecular formula is C20H17BrN2O2. The molecule has 0 N–H and O–H groups in total. The molecule has 2 aromatic carbocycles. The van der Waals surface area contributed by atoms with E-state index in [0.29, 0.717) is 17.9 Å². The normalized spacial score (nSPS) is 10.3. The number of benzene rings is 2. The van der Waals surface area contributed by atoms with Crippen molar-refractivity contribution < 1.29 is 9.53 Å². The van der Waals surface area contributed by atoms with Crippen LogP contribution in [0.1, 0.15) is 15.9 Å². The predicted octanol–water partition coefficient (Wildman–Crippen LogP) is 4.70. The third-order valence-corrected chi connectivity index (χ3v) is 4.39. The van der Waals surface area contributed by atoms with Gasteiger partial charge in [0.1, 0.15) is 5.75 Å². The summed E-state index contributed by atoms with van der Waals surface area (Å²) in [4.78, 5) is 19.0. The van der Waals surface area contributed by atoms with Crippen molar-refractivity contribution >= 4 is 27.5 Å². The molecule has 0 saturated carbocycles. The van der Waals surface area contributed by atoms with Crippen LogP contribution in [0.3, 0.4) is 0 Å². The van der Waals surface area contributed by atoms with Gasteiger partial charge in [-0.15, -0.1) is 0 Å². The van der Waals surface area contributed by atoms with Gasteiger partial charge in [0.05, 0.1) is 18.1 Å². The number of aromatic nitrogens is 1. The number of halogens is 1. The van der Waals surface area contributed by atoms with Crippen LogP contribution in [0.2, 0.25) is 0 Å². The molecule has 25 heavy (non-hydrogen) atoms. The number of amides is 1. The number of anilines is 1. The second-order valence-corrected chi connectivity index (χ2v) is 6.29. The van der Waals surface area contributed by atoms with Gasteiger partial charge in [0.25, 0.3) is 5.91 Å². The molecule has 0 fully saturated rings. The van der Waals surface area contributed by atoms with E-state index in [1.807, 2.05) is 42.5 Å². The molecule has 0 aliphatic heterocycles. The van der Waals surface area contributed by atoms with Gasteiger partial charge in [0, 0.05) is 23.6 Å². The third kappa shape index (κ3) is 4.06. The summed E-state index contributed by atoms with van der Waals surface area (Å²) in [6.07, 6.45) is 3.49. The van der Waals surface area contributed by atoms with E-state index in [9.17, 15) is 4.79 Å². The van der Waals surface area contributed by atoms with Crippen LogP contribution < -0.4 is 9.64 Å². The molecule has 3 rings (SSSR count). The molecule has 0 bridgehead atoms. The number of carbonyl (C=O) groups is 1. The molecule has 0 atom stereocenters. The Labute approximate surface area is 155 Å². The molecule has 1 aromatic heterocycles. The molecule has 3 aromatic rings. The van der Waals surface area contributed by atoms with E-state index in [-0.39, 0.29) is 5.91 Å². The number of methoxy groups -OCH3 is 1. The number of ether oxygens (including phenoxy) is 1. The molecule has 0 aliphatic carbocycles. The van der Waals surface area contributed by atoms with E-state index in [0.717, 1.165) is 15.7 Å². The monoisotopic (exact) mass is 396 g/mol. The number of nitrogens with zero attached hydrogens (tertiary/aromatic N) is 2. The molecule has 0 radical (unpaired) electrons. The first-order valence-electron chi connectivity index (χ1n) is 7.78. The Bertz CT molecular complexity index is 854. The number of pyridine rings is 1. The van der Waals surface area contributed by atoms with Gasteiger partial charge in [-0.25, -0.2) is 0 Å². The maximum atomic E-state index is 13.1. The van der Waals surface area contributed by atoms with Crippen molar-refractivity contribution in [3.05, 3.63) is 88.7 Å². The Kier molecular flexibility index (Phi) is 5.46. The summed E-state index contributed by atoms with van der Waals surface area (Å²) in [5.74, 6) is 0.605. The highest BCUT2D eigenvalue weighted by atomic mass is 79.9.